The van der Waals surface area contributed by atoms with Crippen molar-refractivity contribution < 1.29 is 4.74 Å². The molecule has 0 bridgehead atoms. The van der Waals surface area contributed by atoms with Gasteiger partial charge in [-0.2, -0.15) is 0 Å². The van der Waals surface area contributed by atoms with Crippen LogP contribution in [0.3, 0.4) is 0 Å². The molecule has 1 aromatic rings. The monoisotopic (exact) mass is 237 g/mol. The van der Waals surface area contributed by atoms with Crippen LogP contribution >= 0.6 is 11.3 Å². The number of methoxy groups -OCH3 is 1. The molecule has 1 rings (SSSR count). The molecule has 0 spiro atoms. The van der Waals surface area contributed by atoms with E-state index < -0.39 is 0 Å². The zero-order chi connectivity index (χ0) is 11.8. The molecule has 1 N–H and O–H groups in total. The van der Waals surface area contributed by atoms with Crippen LogP contribution in [0.1, 0.15) is 37.6 Å². The van der Waals surface area contributed by atoms with Gasteiger partial charge in [-0.1, -0.05) is 6.92 Å². The molecule has 0 fully saturated rings. The van der Waals surface area contributed by atoms with Gasteiger partial charge in [-0.25, -0.2) is 0 Å². The summed E-state index contributed by atoms with van der Waals surface area (Å²) in [6.07, 6.45) is 1.97. The molecule has 0 aliphatic heterocycles. The third-order valence-electron chi connectivity index (χ3n) is 2.32. The maximum absolute atomic E-state index is 5.35. The van der Waals surface area contributed by atoms with E-state index in [1.807, 2.05) is 13.0 Å². The topological polar surface area (TPSA) is 21.3 Å². The van der Waals surface area contributed by atoms with Crippen LogP contribution in [-0.4, -0.2) is 13.7 Å². The molecule has 88 valence electrons. The molecule has 0 radical (unpaired) electrons. The van der Waals surface area contributed by atoms with Crippen LogP contribution in [0.2, 0.25) is 0 Å². The molecular weight excluding hydrogens is 218 g/mol. The first-order valence-corrected chi connectivity index (χ1v) is 6.45. The number of rotatable bonds is 6. The Morgan fingerprint density at radius 2 is 2.38 bits per heavy atom. The van der Waals surface area contributed by atoms with Crippen molar-refractivity contribution in [2.75, 3.05) is 13.7 Å². The van der Waals surface area contributed by atoms with E-state index in [2.05, 4.69) is 29.5 Å². The van der Waals surface area contributed by atoms with Crippen molar-refractivity contribution in [1.29, 1.82) is 0 Å². The fraction of sp³-hybridized carbons (Fsp3) is 0.538. The lowest BCUT2D eigenvalue weighted by Crippen LogP contribution is -2.21. The summed E-state index contributed by atoms with van der Waals surface area (Å²) in [5.74, 6) is 7.05. The van der Waals surface area contributed by atoms with Crippen LogP contribution in [0.5, 0.6) is 5.75 Å². The lowest BCUT2D eigenvalue weighted by Gasteiger charge is -2.15. The number of hydrogen-bond donors (Lipinski definition) is 1. The Bertz CT molecular complexity index is 361. The third kappa shape index (κ3) is 3.55. The third-order valence-corrected chi connectivity index (χ3v) is 3.33. The van der Waals surface area contributed by atoms with Crippen LogP contribution < -0.4 is 10.1 Å². The van der Waals surface area contributed by atoms with E-state index in [-0.39, 0.29) is 0 Å². The summed E-state index contributed by atoms with van der Waals surface area (Å²) in [5.41, 5.74) is 0. The highest BCUT2D eigenvalue weighted by atomic mass is 32.1. The van der Waals surface area contributed by atoms with Gasteiger partial charge in [0, 0.05) is 6.42 Å². The van der Waals surface area contributed by atoms with Gasteiger partial charge in [-0.3, -0.25) is 0 Å². The van der Waals surface area contributed by atoms with E-state index in [9.17, 15) is 0 Å². The summed E-state index contributed by atoms with van der Waals surface area (Å²) in [6, 6.07) is 2.31. The van der Waals surface area contributed by atoms with Crippen molar-refractivity contribution in [3.63, 3.8) is 0 Å². The molecule has 3 heteroatoms. The predicted molar refractivity (Wildman–Crippen MR) is 70.0 cm³/mol. The molecule has 1 aromatic heterocycles. The first-order valence-electron chi connectivity index (χ1n) is 5.57. The maximum atomic E-state index is 5.35. The van der Waals surface area contributed by atoms with E-state index in [0.717, 1.165) is 25.1 Å². The second kappa shape index (κ2) is 7.32. The number of ether oxygens (including phenoxy) is 1. The van der Waals surface area contributed by atoms with Crippen molar-refractivity contribution in [1.82, 2.24) is 5.32 Å². The summed E-state index contributed by atoms with van der Waals surface area (Å²) >= 11 is 1.73. The van der Waals surface area contributed by atoms with Gasteiger partial charge in [0.15, 0.2) is 0 Å². The summed E-state index contributed by atoms with van der Waals surface area (Å²) in [6.45, 7) is 5.06. The van der Waals surface area contributed by atoms with Gasteiger partial charge in [-0.15, -0.1) is 23.2 Å². The van der Waals surface area contributed by atoms with Crippen LogP contribution in [0.25, 0.3) is 0 Å². The number of nitrogens with one attached hydrogen (secondary N) is 1. The van der Waals surface area contributed by atoms with E-state index in [1.54, 1.807) is 18.4 Å². The fourth-order valence-corrected chi connectivity index (χ4v) is 2.45. The Balaban J connectivity index is 2.76. The Morgan fingerprint density at radius 1 is 1.56 bits per heavy atom. The van der Waals surface area contributed by atoms with Crippen molar-refractivity contribution in [3.05, 3.63) is 16.3 Å². The van der Waals surface area contributed by atoms with Crippen LogP contribution in [0, 0.1) is 11.8 Å². The van der Waals surface area contributed by atoms with E-state index in [4.69, 9.17) is 4.74 Å². The quantitative estimate of drug-likeness (QED) is 0.767. The largest absolute Gasteiger partial charge is 0.496 e. The smallest absolute Gasteiger partial charge is 0.134 e. The van der Waals surface area contributed by atoms with Crippen molar-refractivity contribution in [2.45, 2.75) is 32.7 Å². The van der Waals surface area contributed by atoms with Gasteiger partial charge >= 0.3 is 0 Å². The molecule has 16 heavy (non-hydrogen) atoms. The van der Waals surface area contributed by atoms with Crippen molar-refractivity contribution in [2.24, 2.45) is 0 Å². The zero-order valence-corrected chi connectivity index (χ0v) is 11.0. The second-order valence-corrected chi connectivity index (χ2v) is 4.44. The lowest BCUT2D eigenvalue weighted by atomic mass is 10.1. The highest BCUT2D eigenvalue weighted by Crippen LogP contribution is 2.32. The van der Waals surface area contributed by atoms with Crippen LogP contribution in [0.15, 0.2) is 11.4 Å². The molecule has 0 saturated carbocycles. The average Bonchev–Trinajstić information content (AvgIpc) is 2.77. The molecule has 0 amide bonds. The molecule has 2 nitrogen and oxygen atoms in total. The average molecular weight is 237 g/mol. The first-order chi connectivity index (χ1) is 7.83. The first kappa shape index (κ1) is 13.1. The Hall–Kier alpha value is -0.980. The molecule has 1 unspecified atom stereocenters. The van der Waals surface area contributed by atoms with E-state index in [0.29, 0.717) is 6.04 Å². The Labute approximate surface area is 102 Å². The van der Waals surface area contributed by atoms with Gasteiger partial charge in [0.25, 0.3) is 0 Å². The van der Waals surface area contributed by atoms with E-state index >= 15 is 0 Å². The fourth-order valence-electron chi connectivity index (χ4n) is 1.51. The van der Waals surface area contributed by atoms with Gasteiger partial charge in [0.05, 0.1) is 18.0 Å². The normalized spacial score (nSPS) is 11.7. The summed E-state index contributed by atoms with van der Waals surface area (Å²) in [7, 11) is 1.72. The van der Waals surface area contributed by atoms with Crippen molar-refractivity contribution >= 4 is 11.3 Å². The van der Waals surface area contributed by atoms with Gasteiger partial charge in [0.2, 0.25) is 0 Å². The Kier molecular flexibility index (Phi) is 5.99. The van der Waals surface area contributed by atoms with Crippen LogP contribution in [-0.2, 0) is 0 Å². The lowest BCUT2D eigenvalue weighted by molar-refractivity contribution is 0.403. The minimum atomic E-state index is 0.294. The van der Waals surface area contributed by atoms with Crippen LogP contribution in [0.4, 0.5) is 0 Å². The Morgan fingerprint density at radius 3 is 3.00 bits per heavy atom. The molecule has 0 aromatic carbocycles. The molecule has 1 atom stereocenters. The van der Waals surface area contributed by atoms with Gasteiger partial charge < -0.3 is 10.1 Å². The van der Waals surface area contributed by atoms with Gasteiger partial charge in [0.1, 0.15) is 5.75 Å². The minimum absolute atomic E-state index is 0.294. The maximum Gasteiger partial charge on any atom is 0.134 e. The summed E-state index contributed by atoms with van der Waals surface area (Å²) < 4.78 is 5.35. The van der Waals surface area contributed by atoms with E-state index in [1.165, 1.54) is 4.88 Å². The highest BCUT2D eigenvalue weighted by molar-refractivity contribution is 7.10. The molecule has 1 heterocycles. The molecular formula is C13H19NOS. The molecule has 0 saturated heterocycles. The zero-order valence-electron chi connectivity index (χ0n) is 10.2. The highest BCUT2D eigenvalue weighted by Gasteiger charge is 2.15. The summed E-state index contributed by atoms with van der Waals surface area (Å²) in [5, 5.41) is 5.57. The van der Waals surface area contributed by atoms with Gasteiger partial charge in [-0.05, 0) is 31.3 Å². The van der Waals surface area contributed by atoms with Crippen molar-refractivity contribution in [3.8, 4) is 17.6 Å². The standard InChI is InChI=1S/C13H19NOS/c1-4-6-7-11(14-9-5-2)13-12(15-3)8-10-16-13/h8,10-11,14H,5,7,9H2,1-3H3. The number of thiophene rings is 1. The second-order valence-electron chi connectivity index (χ2n) is 3.49. The number of hydrogen-bond acceptors (Lipinski definition) is 3. The SMILES string of the molecule is CC#CCC(NCCC)c1sccc1OC. The predicted octanol–water partition coefficient (Wildman–Crippen LogP) is 3.21. The molecule has 0 aliphatic rings. The summed E-state index contributed by atoms with van der Waals surface area (Å²) in [4.78, 5) is 1.25. The molecule has 0 aliphatic carbocycles. The minimum Gasteiger partial charge on any atom is -0.496 e.